The van der Waals surface area contributed by atoms with Crippen molar-refractivity contribution in [1.82, 2.24) is 14.2 Å². The molecule has 34 heavy (non-hydrogen) atoms. The van der Waals surface area contributed by atoms with E-state index in [-0.39, 0.29) is 5.56 Å². The number of hydrogen-bond acceptors (Lipinski definition) is 5. The molecule has 0 aliphatic heterocycles. The highest BCUT2D eigenvalue weighted by atomic mass is 16.5. The van der Waals surface area contributed by atoms with Crippen molar-refractivity contribution < 1.29 is 14.2 Å². The topological polar surface area (TPSA) is 67.0 Å². The van der Waals surface area contributed by atoms with Gasteiger partial charge in [-0.2, -0.15) is 5.10 Å². The molecule has 1 aliphatic carbocycles. The highest BCUT2D eigenvalue weighted by Gasteiger charge is 2.23. The molecule has 171 valence electrons. The second-order valence-electron chi connectivity index (χ2n) is 7.76. The molecule has 1 fully saturated rings. The van der Waals surface area contributed by atoms with E-state index in [1.165, 1.54) is 0 Å². The van der Waals surface area contributed by atoms with Crippen molar-refractivity contribution in [3.8, 4) is 28.5 Å². The summed E-state index contributed by atoms with van der Waals surface area (Å²) in [5.74, 6) is 3.12. The lowest BCUT2D eigenvalue weighted by molar-refractivity contribution is 0.295. The molecule has 0 N–H and O–H groups in total. The molecule has 7 nitrogen and oxygen atoms in total. The first-order chi connectivity index (χ1) is 16.7. The maximum Gasteiger partial charge on any atom is 0.277 e. The van der Waals surface area contributed by atoms with Crippen LogP contribution in [0.2, 0.25) is 0 Å². The zero-order chi connectivity index (χ0) is 23.5. The number of nitrogens with zero attached hydrogens (tertiary/aromatic N) is 3. The van der Waals surface area contributed by atoms with Crippen LogP contribution in [-0.2, 0) is 6.54 Å². The molecule has 0 saturated heterocycles. The first-order valence-electron chi connectivity index (χ1n) is 10.9. The number of fused-ring (bicyclic) bond motifs is 1. The Bertz CT molecular complexity index is 1330. The van der Waals surface area contributed by atoms with Crippen molar-refractivity contribution in [1.29, 1.82) is 0 Å². The zero-order valence-electron chi connectivity index (χ0n) is 19.0. The van der Waals surface area contributed by atoms with Crippen LogP contribution in [0.3, 0.4) is 0 Å². The number of benzene rings is 2. The summed E-state index contributed by atoms with van der Waals surface area (Å²) in [6.07, 6.45) is 9.75. The van der Waals surface area contributed by atoms with E-state index < -0.39 is 0 Å². The summed E-state index contributed by atoms with van der Waals surface area (Å²) in [6.45, 7) is 0.682. The maximum absolute atomic E-state index is 13.6. The van der Waals surface area contributed by atoms with Gasteiger partial charge in [-0.25, -0.2) is 4.52 Å². The van der Waals surface area contributed by atoms with Crippen molar-refractivity contribution in [2.45, 2.75) is 6.54 Å². The minimum Gasteiger partial charge on any atom is -0.497 e. The van der Waals surface area contributed by atoms with Crippen LogP contribution < -0.4 is 19.8 Å². The van der Waals surface area contributed by atoms with Gasteiger partial charge < -0.3 is 18.8 Å². The molecule has 0 amide bonds. The zero-order valence-corrected chi connectivity index (χ0v) is 19.0. The molecule has 2 heterocycles. The fourth-order valence-electron chi connectivity index (χ4n) is 3.93. The molecule has 0 bridgehead atoms. The largest absolute Gasteiger partial charge is 0.497 e. The lowest BCUT2D eigenvalue weighted by Gasteiger charge is -2.15. The van der Waals surface area contributed by atoms with Crippen molar-refractivity contribution in [3.63, 3.8) is 0 Å². The monoisotopic (exact) mass is 454 g/mol. The van der Waals surface area contributed by atoms with Crippen LogP contribution in [0.4, 0.5) is 0 Å². The molecule has 4 aromatic rings. The maximum atomic E-state index is 13.6. The van der Waals surface area contributed by atoms with Crippen LogP contribution in [-0.4, -0.2) is 35.0 Å². The summed E-state index contributed by atoms with van der Waals surface area (Å²) in [4.78, 5) is 13.6. The molecule has 7 heteroatoms. The van der Waals surface area contributed by atoms with E-state index in [9.17, 15) is 4.79 Å². The summed E-state index contributed by atoms with van der Waals surface area (Å²) < 4.78 is 19.9. The highest BCUT2D eigenvalue weighted by molar-refractivity contribution is 5.63. The number of rotatable bonds is 8. The molecule has 0 atom stereocenters. The normalized spacial score (nSPS) is 13.9. The van der Waals surface area contributed by atoms with E-state index in [0.717, 1.165) is 28.6 Å². The second kappa shape index (κ2) is 9.63. The van der Waals surface area contributed by atoms with Crippen molar-refractivity contribution in [2.75, 3.05) is 20.8 Å². The highest BCUT2D eigenvalue weighted by Crippen LogP contribution is 2.30. The number of hydrogen-bond donors (Lipinski definition) is 0. The predicted octanol–water partition coefficient (Wildman–Crippen LogP) is 4.01. The molecular formula is C27H24N3O4. The molecule has 2 aromatic carbocycles. The molecule has 0 spiro atoms. The Morgan fingerprint density at radius 2 is 1.62 bits per heavy atom. The van der Waals surface area contributed by atoms with E-state index in [1.54, 1.807) is 23.3 Å². The van der Waals surface area contributed by atoms with Crippen LogP contribution in [0.15, 0.2) is 65.6 Å². The third-order valence-electron chi connectivity index (χ3n) is 5.70. The first kappa shape index (κ1) is 22.1. The minimum atomic E-state index is -0.132. The lowest BCUT2D eigenvalue weighted by Crippen LogP contribution is -2.26. The van der Waals surface area contributed by atoms with Crippen LogP contribution in [0.1, 0.15) is 5.69 Å². The standard InChI is InChI=1S/C27H24N3O4/c1-32-21-12-10-20(11-13-21)26-18-30-25(17-24(28-30)19-6-3-4-7-19)27(31)29(26)14-15-34-23-9-5-8-22(16-23)33-2/h3-13,16-18H,14-15H2,1-2H3. The van der Waals surface area contributed by atoms with E-state index in [1.807, 2.05) is 86.5 Å². The quantitative estimate of drug-likeness (QED) is 0.402. The summed E-state index contributed by atoms with van der Waals surface area (Å²) in [6, 6.07) is 16.8. The minimum absolute atomic E-state index is 0.132. The molecule has 0 unspecified atom stereocenters. The van der Waals surface area contributed by atoms with Gasteiger partial charge in [-0.1, -0.05) is 6.07 Å². The Balaban J connectivity index is 1.51. The summed E-state index contributed by atoms with van der Waals surface area (Å²) >= 11 is 0. The summed E-state index contributed by atoms with van der Waals surface area (Å²) in [5.41, 5.74) is 2.76. The van der Waals surface area contributed by atoms with E-state index in [4.69, 9.17) is 14.2 Å². The smallest absolute Gasteiger partial charge is 0.277 e. The Hall–Kier alpha value is -3.74. The van der Waals surface area contributed by atoms with E-state index >= 15 is 0 Å². The molecule has 5 rings (SSSR count). The van der Waals surface area contributed by atoms with Gasteiger partial charge in [-0.05, 0) is 68.1 Å². The Labute approximate surface area is 198 Å². The van der Waals surface area contributed by atoms with Gasteiger partial charge in [0, 0.05) is 17.5 Å². The van der Waals surface area contributed by atoms with Crippen molar-refractivity contribution >= 4 is 5.52 Å². The fourth-order valence-corrected chi connectivity index (χ4v) is 3.93. The molecule has 1 saturated carbocycles. The van der Waals surface area contributed by atoms with Gasteiger partial charge in [0.1, 0.15) is 29.4 Å². The average molecular weight is 455 g/mol. The van der Waals surface area contributed by atoms with Crippen molar-refractivity contribution in [2.24, 2.45) is 0 Å². The van der Waals surface area contributed by atoms with Gasteiger partial charge in [0.2, 0.25) is 0 Å². The van der Waals surface area contributed by atoms with Crippen LogP contribution in [0.25, 0.3) is 16.8 Å². The third-order valence-corrected chi connectivity index (χ3v) is 5.70. The van der Waals surface area contributed by atoms with Crippen molar-refractivity contribution in [3.05, 3.63) is 108 Å². The van der Waals surface area contributed by atoms with Crippen LogP contribution in [0, 0.1) is 31.6 Å². The number of ether oxygens (including phenoxy) is 3. The first-order valence-corrected chi connectivity index (χ1v) is 10.9. The Kier molecular flexibility index (Phi) is 6.25. The molecule has 2 aromatic heterocycles. The third kappa shape index (κ3) is 4.38. The van der Waals surface area contributed by atoms with Gasteiger partial charge in [-0.3, -0.25) is 4.79 Å². The van der Waals surface area contributed by atoms with E-state index in [0.29, 0.717) is 30.2 Å². The van der Waals surface area contributed by atoms with Gasteiger partial charge in [0.25, 0.3) is 5.56 Å². The second-order valence-corrected chi connectivity index (χ2v) is 7.76. The SMILES string of the molecule is COc1ccc(-c2cn3nc([C]4[CH][CH][CH][CH]4)cc3c(=O)n2CCOc2cccc(OC)c2)cc1. The van der Waals surface area contributed by atoms with Crippen LogP contribution in [0.5, 0.6) is 17.2 Å². The van der Waals surface area contributed by atoms with Crippen LogP contribution >= 0.6 is 0 Å². The van der Waals surface area contributed by atoms with Gasteiger partial charge >= 0.3 is 0 Å². The van der Waals surface area contributed by atoms with Gasteiger partial charge in [0.15, 0.2) is 0 Å². The Morgan fingerprint density at radius 3 is 2.35 bits per heavy atom. The molecule has 5 radical (unpaired) electrons. The average Bonchev–Trinajstić information content (AvgIpc) is 3.56. The summed E-state index contributed by atoms with van der Waals surface area (Å²) in [7, 11) is 3.24. The molecule has 1 aliphatic rings. The van der Waals surface area contributed by atoms with E-state index in [2.05, 4.69) is 5.10 Å². The molecular weight excluding hydrogens is 430 g/mol. The predicted molar refractivity (Wildman–Crippen MR) is 129 cm³/mol. The number of aromatic nitrogens is 3. The Morgan fingerprint density at radius 1 is 0.882 bits per heavy atom. The van der Waals surface area contributed by atoms with Gasteiger partial charge in [0.05, 0.1) is 38.3 Å². The summed E-state index contributed by atoms with van der Waals surface area (Å²) in [5, 5.41) is 4.66. The van der Waals surface area contributed by atoms with Gasteiger partial charge in [-0.15, -0.1) is 0 Å². The fraction of sp³-hybridized carbons (Fsp3) is 0.148. The number of methoxy groups -OCH3 is 2. The lowest BCUT2D eigenvalue weighted by atomic mass is 10.0.